The quantitative estimate of drug-likeness (QED) is 0.563. The van der Waals surface area contributed by atoms with Crippen molar-refractivity contribution < 1.29 is 14.3 Å². The van der Waals surface area contributed by atoms with Crippen molar-refractivity contribution in [2.75, 3.05) is 26.6 Å². The normalized spacial score (nSPS) is 10.8. The topological polar surface area (TPSA) is 104 Å². The maximum absolute atomic E-state index is 9.50. The molecule has 1 amide bonds. The van der Waals surface area contributed by atoms with Gasteiger partial charge in [-0.15, -0.1) is 0 Å². The Labute approximate surface area is 171 Å². The molecule has 0 bridgehead atoms. The van der Waals surface area contributed by atoms with E-state index >= 15 is 0 Å². The third kappa shape index (κ3) is 5.35. The number of nitrogens with one attached hydrogen (secondary N) is 1. The highest BCUT2D eigenvalue weighted by Crippen LogP contribution is 2.31. The number of methoxy groups -OCH3 is 2. The number of nitrogens with zero attached hydrogens (tertiary/aromatic N) is 3. The van der Waals surface area contributed by atoms with E-state index in [1.807, 2.05) is 32.0 Å². The van der Waals surface area contributed by atoms with Gasteiger partial charge in [0.25, 0.3) is 0 Å². The Morgan fingerprint density at radius 2 is 2.03 bits per heavy atom. The van der Waals surface area contributed by atoms with Crippen LogP contribution in [0.1, 0.15) is 33.0 Å². The number of aromatic nitrogens is 3. The van der Waals surface area contributed by atoms with Gasteiger partial charge >= 0.3 is 0 Å². The molecule has 0 saturated carbocycles. The van der Waals surface area contributed by atoms with Crippen molar-refractivity contribution in [2.45, 2.75) is 46.2 Å². The molecule has 0 aliphatic rings. The number of carbonyl (C=O) groups excluding carboxylic acids is 1. The highest BCUT2D eigenvalue weighted by atomic mass is 16.5. The molecule has 0 aliphatic carbocycles. The predicted molar refractivity (Wildman–Crippen MR) is 116 cm³/mol. The molecule has 0 atom stereocenters. The van der Waals surface area contributed by atoms with Crippen LogP contribution in [0, 0.1) is 0 Å². The molecule has 0 unspecified atom stereocenters. The van der Waals surface area contributed by atoms with E-state index in [9.17, 15) is 4.79 Å². The Kier molecular flexibility index (Phi) is 8.21. The fourth-order valence-corrected chi connectivity index (χ4v) is 3.05. The van der Waals surface area contributed by atoms with E-state index in [1.165, 1.54) is 0 Å². The number of pyridine rings is 1. The van der Waals surface area contributed by atoms with E-state index in [0.29, 0.717) is 18.8 Å². The zero-order valence-electron chi connectivity index (χ0n) is 17.9. The number of ether oxygens (including phenoxy) is 2. The fraction of sp³-hybridized carbons (Fsp3) is 0.476. The third-order valence-electron chi connectivity index (χ3n) is 4.37. The fourth-order valence-electron chi connectivity index (χ4n) is 3.05. The van der Waals surface area contributed by atoms with E-state index < -0.39 is 0 Å². The molecule has 0 radical (unpaired) electrons. The number of rotatable bonds is 8. The zero-order valence-corrected chi connectivity index (χ0v) is 17.9. The van der Waals surface area contributed by atoms with E-state index in [-0.39, 0.29) is 6.04 Å². The monoisotopic (exact) mass is 401 g/mol. The Bertz CT molecular complexity index is 953. The summed E-state index contributed by atoms with van der Waals surface area (Å²) in [4.78, 5) is 18.7. The van der Waals surface area contributed by atoms with Gasteiger partial charge in [-0.3, -0.25) is 4.79 Å². The van der Waals surface area contributed by atoms with Crippen LogP contribution in [0.15, 0.2) is 18.2 Å². The molecule has 0 aliphatic heterocycles. The van der Waals surface area contributed by atoms with Crippen LogP contribution in [0.2, 0.25) is 0 Å². The summed E-state index contributed by atoms with van der Waals surface area (Å²) in [7, 11) is 3.34. The Morgan fingerprint density at radius 3 is 2.59 bits per heavy atom. The molecule has 158 valence electrons. The van der Waals surface area contributed by atoms with Crippen LogP contribution in [0.5, 0.6) is 5.75 Å². The summed E-state index contributed by atoms with van der Waals surface area (Å²) in [6.07, 6.45) is 2.47. The molecular formula is C21H31N5O3. The summed E-state index contributed by atoms with van der Waals surface area (Å²) in [5.74, 6) is 2.21. The first kappa shape index (κ1) is 22.4. The number of aryl methyl sites for hydroxylation is 1. The number of carbonyl (C=O) groups is 1. The van der Waals surface area contributed by atoms with Crippen molar-refractivity contribution in [1.82, 2.24) is 19.9 Å². The van der Waals surface area contributed by atoms with Gasteiger partial charge in [0.2, 0.25) is 6.41 Å². The Morgan fingerprint density at radius 1 is 1.28 bits per heavy atom. The van der Waals surface area contributed by atoms with Crippen molar-refractivity contribution in [3.05, 3.63) is 24.0 Å². The van der Waals surface area contributed by atoms with E-state index in [0.717, 1.165) is 52.9 Å². The standard InChI is InChI=1S/C17H22N4O2.C4H9NO/c1-4-8-21-14(7-9-22-2)20-15-16(21)12-6-5-11(23-3)10-13(12)19-17(15)18;1-4(2)5-3-6/h5-6,10H,4,7-9H2,1-3H3,(H2,18,19);3-4H,1-2H3,(H,5,6). The van der Waals surface area contributed by atoms with Gasteiger partial charge in [-0.25, -0.2) is 9.97 Å². The van der Waals surface area contributed by atoms with Crippen LogP contribution in [0.4, 0.5) is 5.82 Å². The van der Waals surface area contributed by atoms with Crippen LogP contribution in [0.3, 0.4) is 0 Å². The summed E-state index contributed by atoms with van der Waals surface area (Å²) >= 11 is 0. The van der Waals surface area contributed by atoms with Gasteiger partial charge in [0.1, 0.15) is 17.1 Å². The van der Waals surface area contributed by atoms with E-state index in [4.69, 9.17) is 20.2 Å². The maximum atomic E-state index is 9.50. The van der Waals surface area contributed by atoms with Crippen molar-refractivity contribution >= 4 is 34.2 Å². The first-order valence-electron chi connectivity index (χ1n) is 9.77. The molecule has 3 N–H and O–H groups in total. The molecule has 3 aromatic rings. The number of anilines is 1. The molecule has 0 fully saturated rings. The minimum absolute atomic E-state index is 0.280. The molecule has 8 heteroatoms. The second-order valence-corrected chi connectivity index (χ2v) is 6.94. The van der Waals surface area contributed by atoms with Crippen LogP contribution in [-0.4, -0.2) is 47.8 Å². The van der Waals surface area contributed by atoms with E-state index in [1.54, 1.807) is 14.2 Å². The average molecular weight is 402 g/mol. The Balaban J connectivity index is 0.000000438. The molecule has 8 nitrogen and oxygen atoms in total. The second kappa shape index (κ2) is 10.6. The van der Waals surface area contributed by atoms with Gasteiger partial charge in [0.05, 0.1) is 24.8 Å². The number of hydrogen-bond acceptors (Lipinski definition) is 6. The van der Waals surface area contributed by atoms with Crippen molar-refractivity contribution in [2.24, 2.45) is 0 Å². The number of nitrogens with two attached hydrogens (primary N) is 1. The first-order valence-corrected chi connectivity index (χ1v) is 9.77. The van der Waals surface area contributed by atoms with Crippen LogP contribution in [-0.2, 0) is 22.5 Å². The highest BCUT2D eigenvalue weighted by Gasteiger charge is 2.17. The predicted octanol–water partition coefficient (Wildman–Crippen LogP) is 2.92. The number of benzene rings is 1. The molecular weight excluding hydrogens is 370 g/mol. The number of hydrogen-bond donors (Lipinski definition) is 2. The molecule has 0 saturated heterocycles. The summed E-state index contributed by atoms with van der Waals surface area (Å²) < 4.78 is 12.7. The SMILES string of the molecule is CC(C)NC=O.CCCn1c(CCOC)nc2c(N)nc3cc(OC)ccc3c21. The number of amides is 1. The Hall–Kier alpha value is -2.87. The van der Waals surface area contributed by atoms with Crippen molar-refractivity contribution in [3.8, 4) is 5.75 Å². The summed E-state index contributed by atoms with van der Waals surface area (Å²) in [5.41, 5.74) is 8.80. The zero-order chi connectivity index (χ0) is 21.4. The summed E-state index contributed by atoms with van der Waals surface area (Å²) in [6.45, 7) is 7.50. The largest absolute Gasteiger partial charge is 0.497 e. The van der Waals surface area contributed by atoms with Crippen molar-refractivity contribution in [3.63, 3.8) is 0 Å². The number of imidazole rings is 1. The lowest BCUT2D eigenvalue weighted by atomic mass is 10.1. The lowest BCUT2D eigenvalue weighted by molar-refractivity contribution is -0.109. The van der Waals surface area contributed by atoms with Crippen LogP contribution >= 0.6 is 0 Å². The number of fused-ring (bicyclic) bond motifs is 3. The molecule has 0 spiro atoms. The van der Waals surface area contributed by atoms with Gasteiger partial charge in [-0.1, -0.05) is 6.92 Å². The molecule has 1 aromatic carbocycles. The smallest absolute Gasteiger partial charge is 0.207 e. The minimum Gasteiger partial charge on any atom is -0.497 e. The lowest BCUT2D eigenvalue weighted by Gasteiger charge is -2.10. The third-order valence-corrected chi connectivity index (χ3v) is 4.37. The molecule has 2 aromatic heterocycles. The van der Waals surface area contributed by atoms with Gasteiger partial charge in [0, 0.05) is 37.6 Å². The van der Waals surface area contributed by atoms with Gasteiger partial charge in [-0.05, 0) is 32.4 Å². The van der Waals surface area contributed by atoms with Gasteiger partial charge in [0.15, 0.2) is 5.82 Å². The van der Waals surface area contributed by atoms with E-state index in [2.05, 4.69) is 21.8 Å². The number of nitrogen functional groups attached to an aromatic ring is 1. The lowest BCUT2D eigenvalue weighted by Crippen LogP contribution is -2.19. The van der Waals surface area contributed by atoms with Crippen LogP contribution in [0.25, 0.3) is 21.9 Å². The molecule has 29 heavy (non-hydrogen) atoms. The average Bonchev–Trinajstić information content (AvgIpc) is 3.06. The molecule has 2 heterocycles. The van der Waals surface area contributed by atoms with Gasteiger partial charge < -0.3 is 25.1 Å². The summed E-state index contributed by atoms with van der Waals surface area (Å²) in [5, 5.41) is 3.57. The maximum Gasteiger partial charge on any atom is 0.207 e. The van der Waals surface area contributed by atoms with Crippen molar-refractivity contribution in [1.29, 1.82) is 0 Å². The summed E-state index contributed by atoms with van der Waals surface area (Å²) in [6, 6.07) is 6.15. The second-order valence-electron chi connectivity index (χ2n) is 6.94. The highest BCUT2D eigenvalue weighted by molar-refractivity contribution is 6.06. The minimum atomic E-state index is 0.280. The van der Waals surface area contributed by atoms with Crippen LogP contribution < -0.4 is 15.8 Å². The molecule has 3 rings (SSSR count). The first-order chi connectivity index (χ1) is 14.0. The van der Waals surface area contributed by atoms with Gasteiger partial charge in [-0.2, -0.15) is 0 Å².